The lowest BCUT2D eigenvalue weighted by Gasteiger charge is -2.03. The lowest BCUT2D eigenvalue weighted by molar-refractivity contribution is 0.0956. The molecule has 1 aromatic rings. The van der Waals surface area contributed by atoms with Crippen molar-refractivity contribution in [1.29, 1.82) is 0 Å². The molecular formula is C8H12N2O2S. The molecule has 0 bridgehead atoms. The first-order valence-corrected chi connectivity index (χ1v) is 4.77. The summed E-state index contributed by atoms with van der Waals surface area (Å²) in [4.78, 5) is 15.3. The summed E-state index contributed by atoms with van der Waals surface area (Å²) in [6, 6.07) is 0. The van der Waals surface area contributed by atoms with Crippen LogP contribution in [0.5, 0.6) is 0 Å². The van der Waals surface area contributed by atoms with E-state index in [1.807, 2.05) is 6.92 Å². The van der Waals surface area contributed by atoms with Gasteiger partial charge in [0, 0.05) is 19.5 Å². The number of thiazole rings is 1. The van der Waals surface area contributed by atoms with Crippen LogP contribution in [0.25, 0.3) is 0 Å². The quantitative estimate of drug-likeness (QED) is 0.798. The van der Waals surface area contributed by atoms with Crippen molar-refractivity contribution in [2.24, 2.45) is 0 Å². The molecule has 1 atom stereocenters. The molecule has 4 nitrogen and oxygen atoms in total. The molecule has 0 aliphatic carbocycles. The molecule has 0 fully saturated rings. The van der Waals surface area contributed by atoms with Crippen LogP contribution < -0.4 is 5.32 Å². The maximum absolute atomic E-state index is 11.1. The van der Waals surface area contributed by atoms with Crippen LogP contribution in [0.15, 0.2) is 5.38 Å². The van der Waals surface area contributed by atoms with Gasteiger partial charge in [-0.3, -0.25) is 4.79 Å². The van der Waals surface area contributed by atoms with Crippen molar-refractivity contribution >= 4 is 17.2 Å². The largest absolute Gasteiger partial charge is 0.375 e. The number of carbonyl (C=O) groups excluding carboxylic acids is 1. The number of rotatable bonds is 3. The molecule has 1 heterocycles. The molecule has 0 saturated carbocycles. The van der Waals surface area contributed by atoms with Gasteiger partial charge in [0.15, 0.2) is 0 Å². The highest BCUT2D eigenvalue weighted by atomic mass is 32.1. The smallest absolute Gasteiger partial charge is 0.270 e. The van der Waals surface area contributed by atoms with E-state index in [1.54, 1.807) is 19.5 Å². The van der Waals surface area contributed by atoms with Crippen LogP contribution in [0.3, 0.4) is 0 Å². The molecule has 0 radical (unpaired) electrons. The summed E-state index contributed by atoms with van der Waals surface area (Å²) in [6.45, 7) is 1.90. The lowest BCUT2D eigenvalue weighted by atomic mass is 10.4. The molecule has 0 aliphatic heterocycles. The van der Waals surface area contributed by atoms with Crippen LogP contribution in [0, 0.1) is 0 Å². The van der Waals surface area contributed by atoms with Gasteiger partial charge in [-0.05, 0) is 6.92 Å². The second-order valence-electron chi connectivity index (χ2n) is 2.53. The minimum atomic E-state index is -0.161. The highest BCUT2D eigenvalue weighted by molar-refractivity contribution is 7.09. The second-order valence-corrected chi connectivity index (χ2v) is 3.42. The number of nitrogens with one attached hydrogen (secondary N) is 1. The first-order valence-electron chi connectivity index (χ1n) is 3.89. The molecule has 1 amide bonds. The van der Waals surface area contributed by atoms with Gasteiger partial charge in [0.2, 0.25) is 0 Å². The lowest BCUT2D eigenvalue weighted by Crippen LogP contribution is -2.18. The zero-order valence-electron chi connectivity index (χ0n) is 7.83. The highest BCUT2D eigenvalue weighted by Gasteiger charge is 2.12. The zero-order valence-corrected chi connectivity index (χ0v) is 8.64. The molecule has 0 aromatic carbocycles. The maximum Gasteiger partial charge on any atom is 0.270 e. The summed E-state index contributed by atoms with van der Waals surface area (Å²) >= 11 is 1.43. The standard InChI is InChI=1S/C8H12N2O2S/c1-5(12-3)8-10-6(4-13-8)7(11)9-2/h4-5H,1-3H3,(H,9,11). The topological polar surface area (TPSA) is 51.2 Å². The molecular weight excluding hydrogens is 188 g/mol. The van der Waals surface area contributed by atoms with Crippen LogP contribution in [0.2, 0.25) is 0 Å². The van der Waals surface area contributed by atoms with E-state index in [9.17, 15) is 4.79 Å². The second kappa shape index (κ2) is 4.34. The Kier molecular flexibility index (Phi) is 3.39. The Morgan fingerprint density at radius 1 is 1.77 bits per heavy atom. The van der Waals surface area contributed by atoms with E-state index in [2.05, 4.69) is 10.3 Å². The third-order valence-corrected chi connectivity index (χ3v) is 2.69. The number of aromatic nitrogens is 1. The Hall–Kier alpha value is -0.940. The summed E-state index contributed by atoms with van der Waals surface area (Å²) in [5, 5.41) is 5.06. The van der Waals surface area contributed by atoms with E-state index >= 15 is 0 Å². The van der Waals surface area contributed by atoms with Crippen molar-refractivity contribution in [3.05, 3.63) is 16.1 Å². The number of methoxy groups -OCH3 is 1. The molecule has 5 heteroatoms. The predicted molar refractivity (Wildman–Crippen MR) is 50.9 cm³/mol. The number of carbonyl (C=O) groups is 1. The van der Waals surface area contributed by atoms with Crippen LogP contribution in [-0.4, -0.2) is 25.0 Å². The third kappa shape index (κ3) is 2.26. The van der Waals surface area contributed by atoms with Crippen LogP contribution in [-0.2, 0) is 4.74 Å². The summed E-state index contributed by atoms with van der Waals surface area (Å²) in [7, 11) is 3.20. The van der Waals surface area contributed by atoms with E-state index in [0.717, 1.165) is 5.01 Å². The van der Waals surface area contributed by atoms with E-state index < -0.39 is 0 Å². The van der Waals surface area contributed by atoms with Gasteiger partial charge >= 0.3 is 0 Å². The Bertz CT molecular complexity index is 298. The normalized spacial score (nSPS) is 12.5. The van der Waals surface area contributed by atoms with E-state index in [4.69, 9.17) is 4.74 Å². The van der Waals surface area contributed by atoms with Crippen molar-refractivity contribution in [2.45, 2.75) is 13.0 Å². The predicted octanol–water partition coefficient (Wildman–Crippen LogP) is 1.21. The highest BCUT2D eigenvalue weighted by Crippen LogP contribution is 2.19. The molecule has 72 valence electrons. The van der Waals surface area contributed by atoms with Crippen LogP contribution >= 0.6 is 11.3 Å². The van der Waals surface area contributed by atoms with Crippen LogP contribution in [0.1, 0.15) is 28.5 Å². The molecule has 1 aromatic heterocycles. The molecule has 1 rings (SSSR count). The average molecular weight is 200 g/mol. The average Bonchev–Trinajstić information content (AvgIpc) is 2.64. The molecule has 0 spiro atoms. The van der Waals surface area contributed by atoms with E-state index in [0.29, 0.717) is 5.69 Å². The molecule has 0 aliphatic rings. The number of amides is 1. The first-order chi connectivity index (χ1) is 6.19. The number of hydrogen-bond donors (Lipinski definition) is 1. The van der Waals surface area contributed by atoms with Gasteiger partial charge in [0.25, 0.3) is 5.91 Å². The van der Waals surface area contributed by atoms with Gasteiger partial charge in [0.05, 0.1) is 0 Å². The first kappa shape index (κ1) is 10.1. The fraction of sp³-hybridized carbons (Fsp3) is 0.500. The summed E-state index contributed by atoms with van der Waals surface area (Å²) in [6.07, 6.45) is -0.0524. The van der Waals surface area contributed by atoms with Crippen molar-refractivity contribution in [1.82, 2.24) is 10.3 Å². The van der Waals surface area contributed by atoms with Gasteiger partial charge in [-0.15, -0.1) is 11.3 Å². The zero-order chi connectivity index (χ0) is 9.84. The SMILES string of the molecule is CNC(=O)c1csc(C(C)OC)n1. The fourth-order valence-corrected chi connectivity index (χ4v) is 1.64. The van der Waals surface area contributed by atoms with Gasteiger partial charge in [-0.1, -0.05) is 0 Å². The van der Waals surface area contributed by atoms with Crippen molar-refractivity contribution in [3.8, 4) is 0 Å². The minimum absolute atomic E-state index is 0.0524. The van der Waals surface area contributed by atoms with Crippen LogP contribution in [0.4, 0.5) is 0 Å². The molecule has 0 saturated heterocycles. The number of nitrogens with zero attached hydrogens (tertiary/aromatic N) is 1. The molecule has 1 N–H and O–H groups in total. The maximum atomic E-state index is 11.1. The Labute approximate surface area is 80.9 Å². The molecule has 1 unspecified atom stereocenters. The van der Waals surface area contributed by atoms with Crippen molar-refractivity contribution in [3.63, 3.8) is 0 Å². The monoisotopic (exact) mass is 200 g/mol. The Balaban J connectivity index is 2.80. The summed E-state index contributed by atoms with van der Waals surface area (Å²) in [5.41, 5.74) is 0.450. The van der Waals surface area contributed by atoms with Gasteiger partial charge < -0.3 is 10.1 Å². The fourth-order valence-electron chi connectivity index (χ4n) is 0.808. The Morgan fingerprint density at radius 3 is 3.00 bits per heavy atom. The van der Waals surface area contributed by atoms with Crippen molar-refractivity contribution in [2.75, 3.05) is 14.2 Å². The summed E-state index contributed by atoms with van der Waals surface area (Å²) < 4.78 is 5.08. The minimum Gasteiger partial charge on any atom is -0.375 e. The van der Waals surface area contributed by atoms with Crippen molar-refractivity contribution < 1.29 is 9.53 Å². The summed E-state index contributed by atoms with van der Waals surface area (Å²) in [5.74, 6) is -0.161. The van der Waals surface area contributed by atoms with E-state index in [1.165, 1.54) is 11.3 Å². The van der Waals surface area contributed by atoms with Gasteiger partial charge in [-0.2, -0.15) is 0 Å². The number of hydrogen-bond acceptors (Lipinski definition) is 4. The van der Waals surface area contributed by atoms with E-state index in [-0.39, 0.29) is 12.0 Å². The molecule has 13 heavy (non-hydrogen) atoms. The Morgan fingerprint density at radius 2 is 2.46 bits per heavy atom. The van der Waals surface area contributed by atoms with Gasteiger partial charge in [0.1, 0.15) is 16.8 Å². The number of ether oxygens (including phenoxy) is 1. The third-order valence-electron chi connectivity index (χ3n) is 1.68. The van der Waals surface area contributed by atoms with Gasteiger partial charge in [-0.25, -0.2) is 4.98 Å².